The van der Waals surface area contributed by atoms with Gasteiger partial charge in [0.2, 0.25) is 0 Å². The van der Waals surface area contributed by atoms with Crippen LogP contribution in [0.1, 0.15) is 17.5 Å². The van der Waals surface area contributed by atoms with Crippen molar-refractivity contribution in [3.8, 4) is 0 Å². The van der Waals surface area contributed by atoms with Gasteiger partial charge in [0.1, 0.15) is 5.78 Å². The second-order valence-corrected chi connectivity index (χ2v) is 5.24. The first-order chi connectivity index (χ1) is 10.1. The number of nitrogens with one attached hydrogen (secondary N) is 1. The molecule has 0 bridgehead atoms. The topological polar surface area (TPSA) is 66.4 Å². The molecule has 21 heavy (non-hydrogen) atoms. The van der Waals surface area contributed by atoms with Gasteiger partial charge in [-0.1, -0.05) is 48.5 Å². The maximum absolute atomic E-state index is 12.2. The number of ketones is 1. The van der Waals surface area contributed by atoms with Crippen molar-refractivity contribution in [3.63, 3.8) is 0 Å². The van der Waals surface area contributed by atoms with Crippen molar-refractivity contribution in [1.82, 2.24) is 0 Å². The average molecular weight is 281 g/mol. The van der Waals surface area contributed by atoms with Gasteiger partial charge < -0.3 is 10.4 Å². The first kappa shape index (κ1) is 13.5. The summed E-state index contributed by atoms with van der Waals surface area (Å²) in [7, 11) is 0. The first-order valence-electron chi connectivity index (χ1n) is 6.78. The van der Waals surface area contributed by atoms with Crippen molar-refractivity contribution in [3.05, 3.63) is 65.7 Å². The Hall–Kier alpha value is -2.46. The molecule has 0 aliphatic carbocycles. The molecule has 1 aliphatic rings. The van der Waals surface area contributed by atoms with E-state index in [0.29, 0.717) is 11.3 Å². The molecule has 1 atom stereocenters. The molecule has 0 fully saturated rings. The van der Waals surface area contributed by atoms with E-state index in [1.54, 1.807) is 24.3 Å². The van der Waals surface area contributed by atoms with Gasteiger partial charge in [-0.15, -0.1) is 0 Å². The van der Waals surface area contributed by atoms with Crippen LogP contribution in [-0.2, 0) is 21.6 Å². The van der Waals surface area contributed by atoms with Crippen molar-refractivity contribution >= 4 is 17.4 Å². The number of hydrogen-bond acceptors (Lipinski definition) is 3. The molecule has 2 aromatic rings. The highest BCUT2D eigenvalue weighted by atomic mass is 16.3. The summed E-state index contributed by atoms with van der Waals surface area (Å²) in [4.78, 5) is 24.2. The molecule has 0 aromatic heterocycles. The molecule has 2 N–H and O–H groups in total. The molecule has 106 valence electrons. The Morgan fingerprint density at radius 2 is 1.71 bits per heavy atom. The van der Waals surface area contributed by atoms with Gasteiger partial charge in [0.25, 0.3) is 5.91 Å². The number of Topliss-reactive ketones (excluding diaryl/α,β-unsaturated/α-hetero) is 1. The summed E-state index contributed by atoms with van der Waals surface area (Å²) in [5.74, 6) is -0.708. The lowest BCUT2D eigenvalue weighted by Gasteiger charge is -2.19. The SMILES string of the molecule is O=C(Cc1ccccc1)C[C@@]1(O)C(=O)Nc2ccccc21. The first-order valence-corrected chi connectivity index (χ1v) is 6.78. The van der Waals surface area contributed by atoms with Crippen LogP contribution in [0.5, 0.6) is 0 Å². The summed E-state index contributed by atoms with van der Waals surface area (Å²) in [5, 5.41) is 13.2. The quantitative estimate of drug-likeness (QED) is 0.901. The highest BCUT2D eigenvalue weighted by Gasteiger charge is 2.46. The van der Waals surface area contributed by atoms with Crippen LogP contribution in [0.15, 0.2) is 54.6 Å². The minimum Gasteiger partial charge on any atom is -0.375 e. The van der Waals surface area contributed by atoms with Gasteiger partial charge in [0, 0.05) is 24.1 Å². The van der Waals surface area contributed by atoms with Gasteiger partial charge in [-0.2, -0.15) is 0 Å². The Labute approximate surface area is 122 Å². The monoisotopic (exact) mass is 281 g/mol. The minimum atomic E-state index is -1.76. The van der Waals surface area contributed by atoms with E-state index in [-0.39, 0.29) is 18.6 Å². The smallest absolute Gasteiger partial charge is 0.261 e. The predicted molar refractivity (Wildman–Crippen MR) is 78.7 cm³/mol. The number of para-hydroxylation sites is 1. The van der Waals surface area contributed by atoms with Crippen LogP contribution >= 0.6 is 0 Å². The number of aliphatic hydroxyl groups is 1. The van der Waals surface area contributed by atoms with Crippen molar-refractivity contribution < 1.29 is 14.7 Å². The van der Waals surface area contributed by atoms with E-state index in [0.717, 1.165) is 5.56 Å². The number of rotatable bonds is 4. The van der Waals surface area contributed by atoms with Crippen LogP contribution in [0.3, 0.4) is 0 Å². The van der Waals surface area contributed by atoms with Crippen LogP contribution in [0.2, 0.25) is 0 Å². The Bertz CT molecular complexity index is 696. The summed E-state index contributed by atoms with van der Waals surface area (Å²) >= 11 is 0. The van der Waals surface area contributed by atoms with E-state index >= 15 is 0 Å². The average Bonchev–Trinajstić information content (AvgIpc) is 2.72. The molecular weight excluding hydrogens is 266 g/mol. The van der Waals surface area contributed by atoms with Crippen LogP contribution in [0, 0.1) is 0 Å². The molecule has 3 rings (SSSR count). The lowest BCUT2D eigenvalue weighted by molar-refractivity contribution is -0.139. The Morgan fingerprint density at radius 1 is 1.05 bits per heavy atom. The molecule has 0 unspecified atom stereocenters. The van der Waals surface area contributed by atoms with Crippen molar-refractivity contribution in [2.75, 3.05) is 5.32 Å². The van der Waals surface area contributed by atoms with Crippen LogP contribution in [0.25, 0.3) is 0 Å². The third-order valence-electron chi connectivity index (χ3n) is 3.69. The number of benzene rings is 2. The summed E-state index contributed by atoms with van der Waals surface area (Å²) in [5.41, 5.74) is 0.148. The molecule has 1 amide bonds. The fourth-order valence-electron chi connectivity index (χ4n) is 2.65. The van der Waals surface area contributed by atoms with E-state index in [4.69, 9.17) is 0 Å². The van der Waals surface area contributed by atoms with E-state index in [1.165, 1.54) is 0 Å². The summed E-state index contributed by atoms with van der Waals surface area (Å²) < 4.78 is 0. The lowest BCUT2D eigenvalue weighted by atomic mass is 9.88. The zero-order valence-electron chi connectivity index (χ0n) is 11.4. The Kier molecular flexibility index (Phi) is 3.31. The van der Waals surface area contributed by atoms with Crippen molar-refractivity contribution in [1.29, 1.82) is 0 Å². The molecule has 1 heterocycles. The zero-order chi connectivity index (χ0) is 14.9. The summed E-state index contributed by atoms with van der Waals surface area (Å²) in [6.45, 7) is 0. The molecule has 4 heteroatoms. The standard InChI is InChI=1S/C17H15NO3/c19-13(10-12-6-2-1-3-7-12)11-17(21)14-8-4-5-9-15(14)18-16(17)20/h1-9,21H,10-11H2,(H,18,20)/t17-/m0/s1. The van der Waals surface area contributed by atoms with E-state index in [9.17, 15) is 14.7 Å². The van der Waals surface area contributed by atoms with Gasteiger partial charge in [-0.3, -0.25) is 9.59 Å². The second-order valence-electron chi connectivity index (χ2n) is 5.24. The number of anilines is 1. The number of fused-ring (bicyclic) bond motifs is 1. The molecule has 0 spiro atoms. The summed E-state index contributed by atoms with van der Waals surface area (Å²) in [6.07, 6.45) is -0.0106. The highest BCUT2D eigenvalue weighted by molar-refractivity contribution is 6.07. The Balaban J connectivity index is 1.81. The van der Waals surface area contributed by atoms with Crippen molar-refractivity contribution in [2.45, 2.75) is 18.4 Å². The highest BCUT2D eigenvalue weighted by Crippen LogP contribution is 2.38. The lowest BCUT2D eigenvalue weighted by Crippen LogP contribution is -2.36. The number of hydrogen-bond donors (Lipinski definition) is 2. The molecule has 4 nitrogen and oxygen atoms in total. The third-order valence-corrected chi connectivity index (χ3v) is 3.69. The molecular formula is C17H15NO3. The maximum atomic E-state index is 12.2. The van der Waals surface area contributed by atoms with Gasteiger partial charge in [-0.05, 0) is 11.6 Å². The molecule has 0 radical (unpaired) electrons. The van der Waals surface area contributed by atoms with E-state index in [1.807, 2.05) is 30.3 Å². The van der Waals surface area contributed by atoms with Crippen molar-refractivity contribution in [2.24, 2.45) is 0 Å². The number of carbonyl (C=O) groups excluding carboxylic acids is 2. The summed E-state index contributed by atoms with van der Waals surface area (Å²) in [6, 6.07) is 16.2. The van der Waals surface area contributed by atoms with Gasteiger partial charge >= 0.3 is 0 Å². The van der Waals surface area contributed by atoms with Crippen LogP contribution < -0.4 is 5.32 Å². The van der Waals surface area contributed by atoms with Crippen LogP contribution in [0.4, 0.5) is 5.69 Å². The van der Waals surface area contributed by atoms with E-state index < -0.39 is 11.5 Å². The van der Waals surface area contributed by atoms with E-state index in [2.05, 4.69) is 5.32 Å². The van der Waals surface area contributed by atoms with Crippen LogP contribution in [-0.4, -0.2) is 16.8 Å². The van der Waals surface area contributed by atoms with Gasteiger partial charge in [0.05, 0.1) is 0 Å². The Morgan fingerprint density at radius 3 is 2.48 bits per heavy atom. The molecule has 1 aliphatic heterocycles. The van der Waals surface area contributed by atoms with Gasteiger partial charge in [-0.25, -0.2) is 0 Å². The largest absolute Gasteiger partial charge is 0.375 e. The third kappa shape index (κ3) is 2.45. The molecule has 2 aromatic carbocycles. The number of carbonyl (C=O) groups is 2. The fraction of sp³-hybridized carbons (Fsp3) is 0.176. The molecule has 0 saturated carbocycles. The minimum absolute atomic E-state index is 0.171. The number of amides is 1. The fourth-order valence-corrected chi connectivity index (χ4v) is 2.65. The van der Waals surface area contributed by atoms with Gasteiger partial charge in [0.15, 0.2) is 5.60 Å². The second kappa shape index (κ2) is 5.14. The normalized spacial score (nSPS) is 20.0. The molecule has 0 saturated heterocycles. The maximum Gasteiger partial charge on any atom is 0.261 e. The predicted octanol–water partition coefficient (Wildman–Crippen LogP) is 2.03. The zero-order valence-corrected chi connectivity index (χ0v) is 11.4.